The highest BCUT2D eigenvalue weighted by atomic mass is 19.1. The summed E-state index contributed by atoms with van der Waals surface area (Å²) in [5, 5.41) is 0. The van der Waals surface area contributed by atoms with Crippen LogP contribution in [0, 0.1) is 17.7 Å². The first kappa shape index (κ1) is 10.6. The fourth-order valence-electron chi connectivity index (χ4n) is 0.930. The Balaban J connectivity index is 2.83. The van der Waals surface area contributed by atoms with Crippen LogP contribution in [0.15, 0.2) is 18.2 Å². The Morgan fingerprint density at radius 3 is 2.79 bits per heavy atom. The molecule has 0 spiro atoms. The molecule has 0 bridgehead atoms. The van der Waals surface area contributed by atoms with Crippen molar-refractivity contribution < 1.29 is 4.39 Å². The number of nitrogens with zero attached hydrogens (tertiary/aromatic N) is 1. The highest BCUT2D eigenvalue weighted by Gasteiger charge is 1.96. The molecule has 1 rings (SSSR count). The van der Waals surface area contributed by atoms with Gasteiger partial charge in [-0.3, -0.25) is 4.90 Å². The minimum absolute atomic E-state index is 0.312. The molecule has 0 aromatic heterocycles. The number of hydrogen-bond acceptors (Lipinski definition) is 2. The van der Waals surface area contributed by atoms with E-state index in [1.54, 1.807) is 0 Å². The predicted molar refractivity (Wildman–Crippen MR) is 56.2 cm³/mol. The number of rotatable bonds is 1. The van der Waals surface area contributed by atoms with Crippen molar-refractivity contribution in [3.05, 3.63) is 29.6 Å². The van der Waals surface area contributed by atoms with Gasteiger partial charge in [-0.1, -0.05) is 11.8 Å². The van der Waals surface area contributed by atoms with Crippen LogP contribution in [0.2, 0.25) is 0 Å². The maximum atomic E-state index is 12.8. The summed E-state index contributed by atoms with van der Waals surface area (Å²) in [7, 11) is 3.84. The van der Waals surface area contributed by atoms with Crippen LogP contribution < -0.4 is 5.73 Å². The van der Waals surface area contributed by atoms with Gasteiger partial charge in [-0.25, -0.2) is 4.39 Å². The summed E-state index contributed by atoms with van der Waals surface area (Å²) in [4.78, 5) is 1.93. The minimum atomic E-state index is -0.312. The third-order valence-corrected chi connectivity index (χ3v) is 1.63. The maximum Gasteiger partial charge on any atom is 0.124 e. The second-order valence-electron chi connectivity index (χ2n) is 3.27. The minimum Gasteiger partial charge on any atom is -0.398 e. The lowest BCUT2D eigenvalue weighted by atomic mass is 10.2. The fraction of sp³-hybridized carbons (Fsp3) is 0.273. The summed E-state index contributed by atoms with van der Waals surface area (Å²) in [5.41, 5.74) is 6.68. The van der Waals surface area contributed by atoms with Gasteiger partial charge < -0.3 is 5.73 Å². The summed E-state index contributed by atoms with van der Waals surface area (Å²) < 4.78 is 12.8. The number of nitrogens with two attached hydrogens (primary N) is 1. The van der Waals surface area contributed by atoms with Crippen molar-refractivity contribution in [2.75, 3.05) is 26.4 Å². The van der Waals surface area contributed by atoms with E-state index >= 15 is 0 Å². The van der Waals surface area contributed by atoms with E-state index in [2.05, 4.69) is 11.8 Å². The van der Waals surface area contributed by atoms with Crippen LogP contribution in [-0.2, 0) is 0 Å². The van der Waals surface area contributed by atoms with Crippen molar-refractivity contribution >= 4 is 5.69 Å². The normalized spacial score (nSPS) is 9.71. The number of halogens is 1. The average Bonchev–Trinajstić information content (AvgIpc) is 2.10. The number of benzene rings is 1. The summed E-state index contributed by atoms with van der Waals surface area (Å²) in [6.45, 7) is 0.635. The van der Waals surface area contributed by atoms with E-state index < -0.39 is 0 Å². The molecule has 0 unspecified atom stereocenters. The lowest BCUT2D eigenvalue weighted by Crippen LogP contribution is -2.10. The molecule has 1 aromatic carbocycles. The predicted octanol–water partition coefficient (Wildman–Crippen LogP) is 1.32. The first-order chi connectivity index (χ1) is 6.59. The monoisotopic (exact) mass is 192 g/mol. The second-order valence-corrected chi connectivity index (χ2v) is 3.27. The Labute approximate surface area is 83.5 Å². The molecule has 3 heteroatoms. The molecule has 0 fully saturated rings. The van der Waals surface area contributed by atoms with Gasteiger partial charge in [0.05, 0.1) is 12.1 Å². The van der Waals surface area contributed by atoms with E-state index in [1.807, 2.05) is 19.0 Å². The van der Waals surface area contributed by atoms with Gasteiger partial charge in [-0.15, -0.1) is 0 Å². The van der Waals surface area contributed by atoms with Crippen LogP contribution in [0.5, 0.6) is 0 Å². The van der Waals surface area contributed by atoms with E-state index in [-0.39, 0.29) is 5.82 Å². The number of anilines is 1. The lowest BCUT2D eigenvalue weighted by molar-refractivity contribution is 0.464. The summed E-state index contributed by atoms with van der Waals surface area (Å²) in [6, 6.07) is 4.19. The highest BCUT2D eigenvalue weighted by molar-refractivity contribution is 5.55. The van der Waals surface area contributed by atoms with Gasteiger partial charge in [0.2, 0.25) is 0 Å². The second kappa shape index (κ2) is 4.64. The molecule has 2 N–H and O–H groups in total. The van der Waals surface area contributed by atoms with E-state index in [9.17, 15) is 4.39 Å². The van der Waals surface area contributed by atoms with Gasteiger partial charge in [0, 0.05) is 5.69 Å². The molecular formula is C11H13FN2. The Bertz CT molecular complexity index is 375. The third kappa shape index (κ3) is 3.08. The zero-order valence-electron chi connectivity index (χ0n) is 8.34. The van der Waals surface area contributed by atoms with Crippen molar-refractivity contribution in [1.29, 1.82) is 0 Å². The molecule has 0 saturated carbocycles. The van der Waals surface area contributed by atoms with Crippen molar-refractivity contribution in [2.45, 2.75) is 0 Å². The molecule has 2 nitrogen and oxygen atoms in total. The van der Waals surface area contributed by atoms with Gasteiger partial charge in [-0.2, -0.15) is 0 Å². The molecule has 0 aliphatic heterocycles. The van der Waals surface area contributed by atoms with Crippen LogP contribution in [0.4, 0.5) is 10.1 Å². The van der Waals surface area contributed by atoms with E-state index in [1.165, 1.54) is 18.2 Å². The summed E-state index contributed by atoms with van der Waals surface area (Å²) in [5.74, 6) is 5.42. The lowest BCUT2D eigenvalue weighted by Gasteiger charge is -2.01. The standard InChI is InChI=1S/C11H13FN2/c1-14(2)7-3-4-9-8-10(12)5-6-11(9)13/h5-6,8H,7,13H2,1-2H3. The Kier molecular flexibility index (Phi) is 3.49. The van der Waals surface area contributed by atoms with Crippen molar-refractivity contribution in [1.82, 2.24) is 4.90 Å². The zero-order valence-corrected chi connectivity index (χ0v) is 8.34. The molecular weight excluding hydrogens is 179 g/mol. The Hall–Kier alpha value is -1.53. The quantitative estimate of drug-likeness (QED) is 0.537. The van der Waals surface area contributed by atoms with Crippen molar-refractivity contribution in [2.24, 2.45) is 0 Å². The van der Waals surface area contributed by atoms with Gasteiger partial charge in [-0.05, 0) is 32.3 Å². The first-order valence-corrected chi connectivity index (χ1v) is 4.28. The highest BCUT2D eigenvalue weighted by Crippen LogP contribution is 2.11. The molecule has 74 valence electrons. The third-order valence-electron chi connectivity index (χ3n) is 1.63. The van der Waals surface area contributed by atoms with E-state index in [0.717, 1.165) is 0 Å². The van der Waals surface area contributed by atoms with Crippen LogP contribution in [0.3, 0.4) is 0 Å². The molecule has 0 saturated heterocycles. The van der Waals surface area contributed by atoms with Crippen molar-refractivity contribution in [3.8, 4) is 11.8 Å². The van der Waals surface area contributed by atoms with E-state index in [4.69, 9.17) is 5.73 Å². The molecule has 1 aromatic rings. The van der Waals surface area contributed by atoms with Gasteiger partial charge >= 0.3 is 0 Å². The molecule has 0 atom stereocenters. The van der Waals surface area contributed by atoms with E-state index in [0.29, 0.717) is 17.8 Å². The van der Waals surface area contributed by atoms with Crippen LogP contribution in [0.25, 0.3) is 0 Å². The molecule has 0 aliphatic rings. The van der Waals surface area contributed by atoms with Crippen molar-refractivity contribution in [3.63, 3.8) is 0 Å². The van der Waals surface area contributed by atoms with Gasteiger partial charge in [0.25, 0.3) is 0 Å². The fourth-order valence-corrected chi connectivity index (χ4v) is 0.930. The SMILES string of the molecule is CN(C)CC#Cc1cc(F)ccc1N. The summed E-state index contributed by atoms with van der Waals surface area (Å²) in [6.07, 6.45) is 0. The van der Waals surface area contributed by atoms with Crippen LogP contribution in [0.1, 0.15) is 5.56 Å². The smallest absolute Gasteiger partial charge is 0.124 e. The Morgan fingerprint density at radius 2 is 2.14 bits per heavy atom. The number of hydrogen-bond donors (Lipinski definition) is 1. The average molecular weight is 192 g/mol. The number of nitrogen functional groups attached to an aromatic ring is 1. The first-order valence-electron chi connectivity index (χ1n) is 4.28. The van der Waals surface area contributed by atoms with Crippen LogP contribution in [-0.4, -0.2) is 25.5 Å². The molecule has 0 amide bonds. The zero-order chi connectivity index (χ0) is 10.6. The summed E-state index contributed by atoms with van der Waals surface area (Å²) >= 11 is 0. The topological polar surface area (TPSA) is 29.3 Å². The van der Waals surface area contributed by atoms with Gasteiger partial charge in [0.15, 0.2) is 0 Å². The molecule has 0 aliphatic carbocycles. The maximum absolute atomic E-state index is 12.8. The Morgan fingerprint density at radius 1 is 1.43 bits per heavy atom. The largest absolute Gasteiger partial charge is 0.398 e. The molecule has 14 heavy (non-hydrogen) atoms. The molecule has 0 radical (unpaired) electrons. The van der Waals surface area contributed by atoms with Crippen LogP contribution >= 0.6 is 0 Å². The molecule has 0 heterocycles. The van der Waals surface area contributed by atoms with Gasteiger partial charge in [0.1, 0.15) is 5.82 Å².